The highest BCUT2D eigenvalue weighted by molar-refractivity contribution is 7.92. The summed E-state index contributed by atoms with van der Waals surface area (Å²) in [5.41, 5.74) is 2.55. The summed E-state index contributed by atoms with van der Waals surface area (Å²) in [5, 5.41) is 2.80. The molecule has 0 aliphatic heterocycles. The van der Waals surface area contributed by atoms with Crippen LogP contribution in [0.3, 0.4) is 0 Å². The first-order valence-corrected chi connectivity index (χ1v) is 11.4. The van der Waals surface area contributed by atoms with Crippen LogP contribution in [0.2, 0.25) is 0 Å². The number of para-hydroxylation sites is 1. The zero-order chi connectivity index (χ0) is 23.3. The van der Waals surface area contributed by atoms with Gasteiger partial charge in [0.15, 0.2) is 11.5 Å². The Labute approximate surface area is 188 Å². The molecule has 0 aliphatic rings. The van der Waals surface area contributed by atoms with E-state index in [4.69, 9.17) is 9.47 Å². The molecule has 0 saturated heterocycles. The maximum Gasteiger partial charge on any atom is 0.264 e. The molecule has 0 unspecified atom stereocenters. The zero-order valence-electron chi connectivity index (χ0n) is 18.5. The van der Waals surface area contributed by atoms with Crippen LogP contribution in [0.25, 0.3) is 0 Å². The topological polar surface area (TPSA) is 84.9 Å². The Kier molecular flexibility index (Phi) is 7.05. The molecular formula is C24H26N2O5S. The number of hydrogen-bond acceptors (Lipinski definition) is 5. The standard InChI is InChI=1S/C24H26N2O5S/c1-17-11-13-20(14-12-17)26(2)32(28,29)21-9-5-7-18(15-21)24(27)25-16-19-8-6-10-22(30-3)23(19)31-4/h5-15H,16H2,1-4H3,(H,25,27). The third-order valence-electron chi connectivity index (χ3n) is 5.08. The summed E-state index contributed by atoms with van der Waals surface area (Å²) in [5.74, 6) is 0.697. The Balaban J connectivity index is 1.80. The number of methoxy groups -OCH3 is 2. The highest BCUT2D eigenvalue weighted by atomic mass is 32.2. The van der Waals surface area contributed by atoms with Crippen molar-refractivity contribution >= 4 is 21.6 Å². The lowest BCUT2D eigenvalue weighted by Gasteiger charge is -2.20. The predicted octanol–water partition coefficient (Wildman–Crippen LogP) is 3.77. The first-order valence-electron chi connectivity index (χ1n) is 9.91. The summed E-state index contributed by atoms with van der Waals surface area (Å²) in [6.45, 7) is 2.13. The Morgan fingerprint density at radius 2 is 1.66 bits per heavy atom. The molecule has 3 aromatic carbocycles. The lowest BCUT2D eigenvalue weighted by atomic mass is 10.1. The van der Waals surface area contributed by atoms with E-state index in [9.17, 15) is 13.2 Å². The number of aryl methyl sites for hydroxylation is 1. The van der Waals surface area contributed by atoms with Gasteiger partial charge < -0.3 is 14.8 Å². The predicted molar refractivity (Wildman–Crippen MR) is 124 cm³/mol. The van der Waals surface area contributed by atoms with E-state index in [-0.39, 0.29) is 17.0 Å². The van der Waals surface area contributed by atoms with Crippen molar-refractivity contribution in [1.29, 1.82) is 0 Å². The number of amides is 1. The number of ether oxygens (including phenoxy) is 2. The smallest absolute Gasteiger partial charge is 0.264 e. The molecule has 0 fully saturated rings. The number of benzene rings is 3. The fraction of sp³-hybridized carbons (Fsp3) is 0.208. The van der Waals surface area contributed by atoms with Gasteiger partial charge >= 0.3 is 0 Å². The molecule has 8 heteroatoms. The van der Waals surface area contributed by atoms with Gasteiger partial charge in [-0.15, -0.1) is 0 Å². The summed E-state index contributed by atoms with van der Waals surface area (Å²) >= 11 is 0. The van der Waals surface area contributed by atoms with Gasteiger partial charge in [-0.3, -0.25) is 9.10 Å². The molecular weight excluding hydrogens is 428 g/mol. The average Bonchev–Trinajstić information content (AvgIpc) is 2.82. The van der Waals surface area contributed by atoms with Gasteiger partial charge in [-0.2, -0.15) is 0 Å². The maximum absolute atomic E-state index is 13.1. The van der Waals surface area contributed by atoms with Gasteiger partial charge in [-0.1, -0.05) is 35.9 Å². The number of hydrogen-bond donors (Lipinski definition) is 1. The minimum Gasteiger partial charge on any atom is -0.493 e. The molecule has 168 valence electrons. The van der Waals surface area contributed by atoms with Crippen molar-refractivity contribution in [3.63, 3.8) is 0 Å². The molecule has 0 bridgehead atoms. The maximum atomic E-state index is 13.1. The van der Waals surface area contributed by atoms with Crippen LogP contribution >= 0.6 is 0 Å². The van der Waals surface area contributed by atoms with Crippen LogP contribution in [0, 0.1) is 6.92 Å². The summed E-state index contributed by atoms with van der Waals surface area (Å²) in [6, 6.07) is 18.5. The molecule has 7 nitrogen and oxygen atoms in total. The summed E-state index contributed by atoms with van der Waals surface area (Å²) in [6.07, 6.45) is 0. The van der Waals surface area contributed by atoms with E-state index < -0.39 is 15.9 Å². The van der Waals surface area contributed by atoms with E-state index in [2.05, 4.69) is 5.32 Å². The number of nitrogens with zero attached hydrogens (tertiary/aromatic N) is 1. The molecule has 3 rings (SSSR count). The second-order valence-electron chi connectivity index (χ2n) is 7.17. The number of carbonyl (C=O) groups excluding carboxylic acids is 1. The van der Waals surface area contributed by atoms with Crippen molar-refractivity contribution in [3.8, 4) is 11.5 Å². The van der Waals surface area contributed by atoms with Gasteiger partial charge in [0.1, 0.15) is 0 Å². The van der Waals surface area contributed by atoms with Crippen LogP contribution in [-0.2, 0) is 16.6 Å². The van der Waals surface area contributed by atoms with Crippen LogP contribution in [0.15, 0.2) is 71.6 Å². The van der Waals surface area contributed by atoms with Crippen molar-refractivity contribution in [2.24, 2.45) is 0 Å². The van der Waals surface area contributed by atoms with Crippen molar-refractivity contribution in [1.82, 2.24) is 5.32 Å². The Morgan fingerprint density at radius 3 is 2.31 bits per heavy atom. The SMILES string of the molecule is COc1cccc(CNC(=O)c2cccc(S(=O)(=O)N(C)c3ccc(C)cc3)c2)c1OC. The molecule has 1 amide bonds. The minimum atomic E-state index is -3.83. The van der Waals surface area contributed by atoms with E-state index in [0.29, 0.717) is 17.2 Å². The van der Waals surface area contributed by atoms with E-state index in [0.717, 1.165) is 11.1 Å². The lowest BCUT2D eigenvalue weighted by molar-refractivity contribution is 0.0950. The minimum absolute atomic E-state index is 0.0344. The van der Waals surface area contributed by atoms with Crippen LogP contribution in [0.5, 0.6) is 11.5 Å². The molecule has 0 atom stereocenters. The van der Waals surface area contributed by atoms with Gasteiger partial charge in [0.2, 0.25) is 0 Å². The lowest BCUT2D eigenvalue weighted by Crippen LogP contribution is -2.27. The van der Waals surface area contributed by atoms with Gasteiger partial charge in [-0.25, -0.2) is 8.42 Å². The monoisotopic (exact) mass is 454 g/mol. The van der Waals surface area contributed by atoms with Crippen molar-refractivity contribution in [2.45, 2.75) is 18.4 Å². The average molecular weight is 455 g/mol. The number of sulfonamides is 1. The van der Waals surface area contributed by atoms with Crippen LogP contribution in [0.4, 0.5) is 5.69 Å². The molecule has 0 saturated carbocycles. The molecule has 0 spiro atoms. The van der Waals surface area contributed by atoms with E-state index in [1.807, 2.05) is 25.1 Å². The number of nitrogens with one attached hydrogen (secondary N) is 1. The zero-order valence-corrected chi connectivity index (χ0v) is 19.3. The van der Waals surface area contributed by atoms with Crippen molar-refractivity contribution < 1.29 is 22.7 Å². The molecule has 0 aliphatic carbocycles. The third kappa shape index (κ3) is 4.86. The summed E-state index contributed by atoms with van der Waals surface area (Å²) in [7, 11) is 0.728. The fourth-order valence-corrected chi connectivity index (χ4v) is 4.46. The molecule has 32 heavy (non-hydrogen) atoms. The summed E-state index contributed by atoms with van der Waals surface area (Å²) in [4.78, 5) is 12.8. The van der Waals surface area contributed by atoms with Crippen molar-refractivity contribution in [2.75, 3.05) is 25.6 Å². The Morgan fingerprint density at radius 1 is 0.969 bits per heavy atom. The molecule has 3 aromatic rings. The van der Waals surface area contributed by atoms with E-state index in [1.54, 1.807) is 43.5 Å². The fourth-order valence-electron chi connectivity index (χ4n) is 3.22. The van der Waals surface area contributed by atoms with Crippen LogP contribution in [-0.4, -0.2) is 35.6 Å². The number of anilines is 1. The summed E-state index contributed by atoms with van der Waals surface area (Å²) < 4.78 is 38.0. The van der Waals surface area contributed by atoms with Gasteiger partial charge in [0.05, 0.1) is 24.8 Å². The Bertz CT molecular complexity index is 1210. The first-order chi connectivity index (χ1) is 15.3. The second kappa shape index (κ2) is 9.74. The normalized spacial score (nSPS) is 11.0. The molecule has 0 heterocycles. The highest BCUT2D eigenvalue weighted by Gasteiger charge is 2.22. The Hall–Kier alpha value is -3.52. The van der Waals surface area contributed by atoms with E-state index in [1.165, 1.54) is 30.6 Å². The number of rotatable bonds is 8. The second-order valence-corrected chi connectivity index (χ2v) is 9.14. The third-order valence-corrected chi connectivity index (χ3v) is 6.86. The van der Waals surface area contributed by atoms with Gasteiger partial charge in [0, 0.05) is 24.7 Å². The van der Waals surface area contributed by atoms with Crippen LogP contribution in [0.1, 0.15) is 21.5 Å². The number of carbonyl (C=O) groups is 1. The first kappa shape index (κ1) is 23.1. The largest absolute Gasteiger partial charge is 0.493 e. The van der Waals surface area contributed by atoms with E-state index >= 15 is 0 Å². The van der Waals surface area contributed by atoms with Gasteiger partial charge in [0.25, 0.3) is 15.9 Å². The van der Waals surface area contributed by atoms with Gasteiger partial charge in [-0.05, 0) is 43.3 Å². The van der Waals surface area contributed by atoms with Crippen molar-refractivity contribution in [3.05, 3.63) is 83.4 Å². The molecule has 0 aromatic heterocycles. The highest BCUT2D eigenvalue weighted by Crippen LogP contribution is 2.30. The molecule has 0 radical (unpaired) electrons. The van der Waals surface area contributed by atoms with Crippen LogP contribution < -0.4 is 19.1 Å². The quantitative estimate of drug-likeness (QED) is 0.560. The molecule has 1 N–H and O–H groups in total.